The van der Waals surface area contributed by atoms with E-state index in [-0.39, 0.29) is 17.9 Å². The lowest BCUT2D eigenvalue weighted by Crippen LogP contribution is -2.55. The highest BCUT2D eigenvalue weighted by molar-refractivity contribution is 6.27. The van der Waals surface area contributed by atoms with Crippen molar-refractivity contribution in [1.29, 1.82) is 0 Å². The van der Waals surface area contributed by atoms with Crippen molar-refractivity contribution in [3.05, 3.63) is 0 Å². The van der Waals surface area contributed by atoms with Gasteiger partial charge in [0.15, 0.2) is 0 Å². The Kier molecular flexibility index (Phi) is 3.15. The molecule has 0 unspecified atom stereocenters. The van der Waals surface area contributed by atoms with Gasteiger partial charge in [-0.15, -0.1) is 11.6 Å². The Morgan fingerprint density at radius 3 is 2.82 bits per heavy atom. The molecule has 0 N–H and O–H groups in total. The molecule has 0 aromatic heterocycles. The minimum atomic E-state index is 0.00243. The van der Waals surface area contributed by atoms with Crippen molar-refractivity contribution in [3.8, 4) is 0 Å². The van der Waals surface area contributed by atoms with Gasteiger partial charge in [-0.25, -0.2) is 0 Å². The van der Waals surface area contributed by atoms with Crippen LogP contribution >= 0.6 is 11.6 Å². The van der Waals surface area contributed by atoms with E-state index < -0.39 is 0 Å². The zero-order chi connectivity index (χ0) is 8.27. The van der Waals surface area contributed by atoms with E-state index in [1.54, 1.807) is 4.90 Å². The molecule has 0 aliphatic carbocycles. The summed E-state index contributed by atoms with van der Waals surface area (Å²) in [4.78, 5) is 12.6. The van der Waals surface area contributed by atoms with Crippen LogP contribution in [0.5, 0.6) is 0 Å². The maximum absolute atomic E-state index is 10.9. The summed E-state index contributed by atoms with van der Waals surface area (Å²) in [6.07, 6.45) is 0.243. The van der Waals surface area contributed by atoms with Crippen LogP contribution in [0.3, 0.4) is 0 Å². The highest BCUT2D eigenvalue weighted by atomic mass is 35.5. The largest absolute Gasteiger partial charge is 0.375 e. The molecule has 1 fully saturated rings. The molecule has 1 saturated heterocycles. The first-order valence-corrected chi connectivity index (χ1v) is 4.26. The third-order valence-electron chi connectivity index (χ3n) is 1.72. The average Bonchev–Trinajstić information content (AvgIpc) is 1.94. The first-order chi connectivity index (χ1) is 5.27. The summed E-state index contributed by atoms with van der Waals surface area (Å²) in [7, 11) is 0. The molecule has 0 bridgehead atoms. The van der Waals surface area contributed by atoms with Gasteiger partial charge >= 0.3 is 0 Å². The van der Waals surface area contributed by atoms with Crippen molar-refractivity contribution < 1.29 is 9.53 Å². The van der Waals surface area contributed by atoms with E-state index in [1.165, 1.54) is 0 Å². The Morgan fingerprint density at radius 1 is 1.73 bits per heavy atom. The van der Waals surface area contributed by atoms with Crippen molar-refractivity contribution >= 4 is 17.5 Å². The molecule has 0 aromatic rings. The molecule has 1 rings (SSSR count). The number of likely N-dealkylation sites (tertiary alicyclic amines) is 1. The van der Waals surface area contributed by atoms with Gasteiger partial charge in [0.05, 0.1) is 6.10 Å². The number of hydrogen-bond donors (Lipinski definition) is 0. The topological polar surface area (TPSA) is 29.5 Å². The molecule has 64 valence electrons. The van der Waals surface area contributed by atoms with E-state index in [0.717, 1.165) is 0 Å². The highest BCUT2D eigenvalue weighted by Crippen LogP contribution is 2.11. The molecule has 0 atom stereocenters. The van der Waals surface area contributed by atoms with Crippen molar-refractivity contribution in [1.82, 2.24) is 4.90 Å². The van der Waals surface area contributed by atoms with Gasteiger partial charge in [-0.1, -0.05) is 0 Å². The van der Waals surface area contributed by atoms with Crippen LogP contribution in [-0.4, -0.2) is 42.5 Å². The number of alkyl halides is 1. The van der Waals surface area contributed by atoms with E-state index in [1.807, 2.05) is 6.92 Å². The van der Waals surface area contributed by atoms with Gasteiger partial charge in [-0.3, -0.25) is 4.79 Å². The smallest absolute Gasteiger partial charge is 0.237 e. The highest BCUT2D eigenvalue weighted by Gasteiger charge is 2.29. The fourth-order valence-electron chi connectivity index (χ4n) is 1.07. The van der Waals surface area contributed by atoms with Gasteiger partial charge < -0.3 is 9.64 Å². The number of halogens is 1. The number of carbonyl (C=O) groups excluding carboxylic acids is 1. The quantitative estimate of drug-likeness (QED) is 0.587. The van der Waals surface area contributed by atoms with E-state index in [2.05, 4.69) is 0 Å². The fraction of sp³-hybridized carbons (Fsp3) is 0.857. The van der Waals surface area contributed by atoms with E-state index >= 15 is 0 Å². The molecular weight excluding hydrogens is 166 g/mol. The van der Waals surface area contributed by atoms with Gasteiger partial charge in [0, 0.05) is 19.7 Å². The predicted molar refractivity (Wildman–Crippen MR) is 42.7 cm³/mol. The SMILES string of the molecule is CCOC1CN(C(=O)CCl)C1. The molecule has 4 heteroatoms. The molecular formula is C7H12ClNO2. The number of carbonyl (C=O) groups is 1. The summed E-state index contributed by atoms with van der Waals surface area (Å²) in [6.45, 7) is 4.08. The van der Waals surface area contributed by atoms with Crippen molar-refractivity contribution in [2.75, 3.05) is 25.6 Å². The minimum Gasteiger partial charge on any atom is -0.375 e. The molecule has 0 saturated carbocycles. The summed E-state index contributed by atoms with van der Waals surface area (Å²) in [5.74, 6) is 0.0846. The molecule has 1 aliphatic heterocycles. The second-order valence-corrected chi connectivity index (χ2v) is 2.78. The van der Waals surface area contributed by atoms with Crippen LogP contribution < -0.4 is 0 Å². The van der Waals surface area contributed by atoms with Gasteiger partial charge in [0.25, 0.3) is 0 Å². The Bertz CT molecular complexity index is 145. The lowest BCUT2D eigenvalue weighted by atomic mass is 10.2. The second-order valence-electron chi connectivity index (χ2n) is 2.51. The minimum absolute atomic E-state index is 0.00243. The second kappa shape index (κ2) is 3.93. The van der Waals surface area contributed by atoms with E-state index in [4.69, 9.17) is 16.3 Å². The molecule has 11 heavy (non-hydrogen) atoms. The Balaban J connectivity index is 2.13. The standard InChI is InChI=1S/C7H12ClNO2/c1-2-11-6-4-9(5-6)7(10)3-8/h6H,2-5H2,1H3. The molecule has 0 spiro atoms. The van der Waals surface area contributed by atoms with Crippen LogP contribution in [0.1, 0.15) is 6.92 Å². The number of amides is 1. The molecule has 0 radical (unpaired) electrons. The first kappa shape index (κ1) is 8.81. The third-order valence-corrected chi connectivity index (χ3v) is 1.95. The number of nitrogens with zero attached hydrogens (tertiary/aromatic N) is 1. The fourth-order valence-corrected chi connectivity index (χ4v) is 1.24. The van der Waals surface area contributed by atoms with Gasteiger partial charge in [-0.2, -0.15) is 0 Å². The molecule has 3 nitrogen and oxygen atoms in total. The van der Waals surface area contributed by atoms with Crippen LogP contribution in [0.15, 0.2) is 0 Å². The Labute approximate surface area is 71.3 Å². The summed E-state index contributed by atoms with van der Waals surface area (Å²) in [5, 5.41) is 0. The zero-order valence-corrected chi connectivity index (χ0v) is 7.30. The van der Waals surface area contributed by atoms with Gasteiger partial charge in [-0.05, 0) is 6.92 Å². The normalized spacial score (nSPS) is 18.2. The van der Waals surface area contributed by atoms with Crippen LogP contribution in [0, 0.1) is 0 Å². The van der Waals surface area contributed by atoms with Crippen LogP contribution in [0.25, 0.3) is 0 Å². The maximum atomic E-state index is 10.9. The van der Waals surface area contributed by atoms with Crippen LogP contribution in [-0.2, 0) is 9.53 Å². The molecule has 0 aromatic carbocycles. The number of ether oxygens (including phenoxy) is 1. The lowest BCUT2D eigenvalue weighted by Gasteiger charge is -2.38. The lowest BCUT2D eigenvalue weighted by molar-refractivity contribution is -0.141. The monoisotopic (exact) mass is 177 g/mol. The average molecular weight is 178 g/mol. The summed E-state index contributed by atoms with van der Waals surface area (Å²) in [5.41, 5.74) is 0. The Hall–Kier alpha value is -0.280. The summed E-state index contributed by atoms with van der Waals surface area (Å²) >= 11 is 5.35. The van der Waals surface area contributed by atoms with E-state index in [0.29, 0.717) is 19.7 Å². The van der Waals surface area contributed by atoms with Crippen LogP contribution in [0.2, 0.25) is 0 Å². The summed E-state index contributed by atoms with van der Waals surface area (Å²) < 4.78 is 5.27. The number of rotatable bonds is 3. The van der Waals surface area contributed by atoms with Crippen molar-refractivity contribution in [2.24, 2.45) is 0 Å². The first-order valence-electron chi connectivity index (χ1n) is 3.73. The van der Waals surface area contributed by atoms with E-state index in [9.17, 15) is 4.79 Å². The predicted octanol–water partition coefficient (Wildman–Crippen LogP) is 0.472. The molecule has 1 aliphatic rings. The zero-order valence-electron chi connectivity index (χ0n) is 6.55. The van der Waals surface area contributed by atoms with Crippen molar-refractivity contribution in [2.45, 2.75) is 13.0 Å². The van der Waals surface area contributed by atoms with Crippen molar-refractivity contribution in [3.63, 3.8) is 0 Å². The number of hydrogen-bond acceptors (Lipinski definition) is 2. The molecule has 1 heterocycles. The summed E-state index contributed by atoms with van der Waals surface area (Å²) in [6, 6.07) is 0. The van der Waals surface area contributed by atoms with Gasteiger partial charge in [0.2, 0.25) is 5.91 Å². The third kappa shape index (κ3) is 2.07. The van der Waals surface area contributed by atoms with Gasteiger partial charge in [0.1, 0.15) is 5.88 Å². The maximum Gasteiger partial charge on any atom is 0.237 e. The van der Waals surface area contributed by atoms with Crippen LogP contribution in [0.4, 0.5) is 0 Å². The molecule has 1 amide bonds. The Morgan fingerprint density at radius 2 is 2.36 bits per heavy atom.